The third kappa shape index (κ3) is 6.63. The molecule has 3 amide bonds. The molecule has 1 saturated carbocycles. The minimum Gasteiger partial charge on any atom is -0.395 e. The molecule has 196 valence electrons. The van der Waals surface area contributed by atoms with Crippen LogP contribution in [0.5, 0.6) is 0 Å². The van der Waals surface area contributed by atoms with Gasteiger partial charge in [0.05, 0.1) is 6.04 Å². The van der Waals surface area contributed by atoms with E-state index in [0.717, 1.165) is 37.7 Å². The average molecular weight is 513 g/mol. The van der Waals surface area contributed by atoms with E-state index in [1.807, 2.05) is 24.3 Å². The van der Waals surface area contributed by atoms with E-state index in [9.17, 15) is 19.5 Å². The normalized spacial score (nSPS) is 19.3. The molecule has 2 aliphatic rings. The van der Waals surface area contributed by atoms with Gasteiger partial charge in [-0.3, -0.25) is 24.6 Å². The van der Waals surface area contributed by atoms with E-state index in [1.165, 1.54) is 4.90 Å². The molecular formula is C27H33B2N5O4. The first-order chi connectivity index (χ1) is 18.2. The van der Waals surface area contributed by atoms with Gasteiger partial charge >= 0.3 is 0 Å². The molecule has 9 nitrogen and oxygen atoms in total. The Balaban J connectivity index is 1.63. The Morgan fingerprint density at radius 2 is 1.82 bits per heavy atom. The summed E-state index contributed by atoms with van der Waals surface area (Å²) in [7, 11) is 10.9. The zero-order valence-electron chi connectivity index (χ0n) is 21.6. The van der Waals surface area contributed by atoms with Crippen molar-refractivity contribution < 1.29 is 19.5 Å². The summed E-state index contributed by atoms with van der Waals surface area (Å²) in [4.78, 5) is 46.9. The number of hydrogen-bond acceptors (Lipinski definition) is 6. The van der Waals surface area contributed by atoms with Crippen LogP contribution in [-0.4, -0.2) is 67.2 Å². The maximum absolute atomic E-state index is 14.3. The monoisotopic (exact) mass is 513 g/mol. The largest absolute Gasteiger partial charge is 0.395 e. The number of rotatable bonds is 9. The van der Waals surface area contributed by atoms with Gasteiger partial charge in [0.2, 0.25) is 11.8 Å². The molecule has 2 unspecified atom stereocenters. The van der Waals surface area contributed by atoms with Gasteiger partial charge in [-0.1, -0.05) is 50.5 Å². The van der Waals surface area contributed by atoms with Crippen molar-refractivity contribution in [2.75, 3.05) is 10.2 Å². The third-order valence-electron chi connectivity index (χ3n) is 7.22. The standard InChI is InChI=1S/C27H33B2N5O4/c1-2-20(33-27(28,29)38)24(35)32-22(17-10-5-3-6-11-17)26(37)34-21(16-18-12-9-15-30-23(18)34)25(36)31-19-13-7-4-8-14-19/h4,7-9,12-15,17,20-22,33,38H,2-3,5-6,10-11,16H2,1H3,(H,31,36)(H,32,35)/t20-,21?,22?/m0/s1. The van der Waals surface area contributed by atoms with Gasteiger partial charge in [-0.05, 0) is 48.9 Å². The van der Waals surface area contributed by atoms with Gasteiger partial charge in [-0.2, -0.15) is 0 Å². The van der Waals surface area contributed by atoms with Crippen LogP contribution in [0.15, 0.2) is 48.7 Å². The van der Waals surface area contributed by atoms with Crippen LogP contribution in [0.2, 0.25) is 0 Å². The van der Waals surface area contributed by atoms with Crippen LogP contribution < -0.4 is 20.9 Å². The van der Waals surface area contributed by atoms with E-state index < -0.39 is 29.6 Å². The third-order valence-corrected chi connectivity index (χ3v) is 7.22. The molecule has 38 heavy (non-hydrogen) atoms. The van der Waals surface area contributed by atoms with Gasteiger partial charge in [-0.25, -0.2) is 4.98 Å². The first-order valence-corrected chi connectivity index (χ1v) is 13.2. The van der Waals surface area contributed by atoms with Crippen molar-refractivity contribution in [3.63, 3.8) is 0 Å². The fourth-order valence-corrected chi connectivity index (χ4v) is 5.35. The van der Waals surface area contributed by atoms with E-state index >= 15 is 0 Å². The molecule has 11 heteroatoms. The molecule has 0 bridgehead atoms. The highest BCUT2D eigenvalue weighted by Crippen LogP contribution is 2.34. The maximum Gasteiger partial charge on any atom is 0.251 e. The van der Waals surface area contributed by atoms with Crippen LogP contribution in [0.3, 0.4) is 0 Å². The van der Waals surface area contributed by atoms with Crippen molar-refractivity contribution in [1.29, 1.82) is 0 Å². The molecule has 4 radical (unpaired) electrons. The molecule has 1 fully saturated rings. The van der Waals surface area contributed by atoms with Crippen molar-refractivity contribution in [1.82, 2.24) is 15.6 Å². The van der Waals surface area contributed by atoms with Crippen molar-refractivity contribution in [3.8, 4) is 0 Å². The zero-order chi connectivity index (χ0) is 27.3. The molecule has 4 rings (SSSR count). The van der Waals surface area contributed by atoms with E-state index in [1.54, 1.807) is 31.3 Å². The van der Waals surface area contributed by atoms with Gasteiger partial charge in [0, 0.05) is 23.8 Å². The molecule has 2 aromatic rings. The molecule has 0 spiro atoms. The maximum atomic E-state index is 14.3. The first kappa shape index (κ1) is 27.9. The predicted molar refractivity (Wildman–Crippen MR) is 146 cm³/mol. The Morgan fingerprint density at radius 3 is 2.47 bits per heavy atom. The molecule has 1 aromatic carbocycles. The lowest BCUT2D eigenvalue weighted by Crippen LogP contribution is -2.61. The predicted octanol–water partition coefficient (Wildman–Crippen LogP) is 1.35. The number of carbonyl (C=O) groups excluding carboxylic acids is 3. The lowest BCUT2D eigenvalue weighted by molar-refractivity contribution is -0.131. The number of aliphatic hydroxyl groups is 1. The second-order valence-corrected chi connectivity index (χ2v) is 10.1. The number of aromatic nitrogens is 1. The quantitative estimate of drug-likeness (QED) is 0.297. The Hall–Kier alpha value is -3.17. The Bertz CT molecular complexity index is 1140. The SMILES string of the molecule is [B]C([B])(O)N[C@@H](CC)C(=O)NC(C(=O)N1c2ncccc2CC1C(=O)Nc1ccccc1)C1CCCCC1. The van der Waals surface area contributed by atoms with Crippen LogP contribution in [0.4, 0.5) is 11.5 Å². The number of pyridine rings is 1. The summed E-state index contributed by atoms with van der Waals surface area (Å²) in [5.41, 5.74) is -0.841. The Kier molecular flexibility index (Phi) is 8.89. The van der Waals surface area contributed by atoms with E-state index in [0.29, 0.717) is 17.9 Å². The molecule has 4 N–H and O–H groups in total. The summed E-state index contributed by atoms with van der Waals surface area (Å²) in [6, 6.07) is 10.1. The van der Waals surface area contributed by atoms with Crippen LogP contribution >= 0.6 is 0 Å². The number of benzene rings is 1. The lowest BCUT2D eigenvalue weighted by atomic mass is 9.73. The summed E-state index contributed by atoms with van der Waals surface area (Å²) in [6.07, 6.45) is 6.66. The minimum atomic E-state index is -2.25. The molecule has 0 saturated heterocycles. The van der Waals surface area contributed by atoms with Gasteiger partial charge in [0.1, 0.15) is 33.6 Å². The van der Waals surface area contributed by atoms with E-state index in [2.05, 4.69) is 20.9 Å². The second-order valence-electron chi connectivity index (χ2n) is 10.1. The van der Waals surface area contributed by atoms with E-state index in [-0.39, 0.29) is 24.2 Å². The highest BCUT2D eigenvalue weighted by Gasteiger charge is 2.44. The van der Waals surface area contributed by atoms with Crippen LogP contribution in [0.1, 0.15) is 51.0 Å². The highest BCUT2D eigenvalue weighted by molar-refractivity contribution is 6.38. The molecule has 1 aromatic heterocycles. The van der Waals surface area contributed by atoms with Crippen LogP contribution in [0.25, 0.3) is 0 Å². The number of para-hydroxylation sites is 1. The van der Waals surface area contributed by atoms with Crippen molar-refractivity contribution in [2.45, 2.75) is 75.5 Å². The lowest BCUT2D eigenvalue weighted by Gasteiger charge is -2.36. The molecule has 2 heterocycles. The smallest absolute Gasteiger partial charge is 0.251 e. The fraction of sp³-hybridized carbons (Fsp3) is 0.481. The average Bonchev–Trinajstić information content (AvgIpc) is 3.30. The summed E-state index contributed by atoms with van der Waals surface area (Å²) < 4.78 is 0. The topological polar surface area (TPSA) is 124 Å². The summed E-state index contributed by atoms with van der Waals surface area (Å²) in [6.45, 7) is 1.74. The highest BCUT2D eigenvalue weighted by atomic mass is 16.3. The van der Waals surface area contributed by atoms with Crippen molar-refractivity contribution in [3.05, 3.63) is 54.2 Å². The second kappa shape index (κ2) is 12.1. The number of amides is 3. The first-order valence-electron chi connectivity index (χ1n) is 13.2. The van der Waals surface area contributed by atoms with Gasteiger partial charge < -0.3 is 15.7 Å². The van der Waals surface area contributed by atoms with Crippen LogP contribution in [0, 0.1) is 5.92 Å². The summed E-state index contributed by atoms with van der Waals surface area (Å²) in [5.74, 6) is -0.916. The summed E-state index contributed by atoms with van der Waals surface area (Å²) in [5, 5.41) is 18.1. The molecule has 1 aliphatic carbocycles. The molecular weight excluding hydrogens is 480 g/mol. The van der Waals surface area contributed by atoms with E-state index in [4.69, 9.17) is 15.7 Å². The number of hydrogen-bond donors (Lipinski definition) is 4. The number of nitrogens with one attached hydrogen (secondary N) is 3. The number of anilines is 2. The van der Waals surface area contributed by atoms with Crippen molar-refractivity contribution >= 4 is 44.9 Å². The zero-order valence-corrected chi connectivity index (χ0v) is 21.6. The molecule has 1 aliphatic heterocycles. The Labute approximate surface area is 226 Å². The van der Waals surface area contributed by atoms with Crippen LogP contribution in [-0.2, 0) is 20.8 Å². The van der Waals surface area contributed by atoms with Gasteiger partial charge in [-0.15, -0.1) is 0 Å². The van der Waals surface area contributed by atoms with Crippen molar-refractivity contribution in [2.24, 2.45) is 5.92 Å². The van der Waals surface area contributed by atoms with Gasteiger partial charge in [0.15, 0.2) is 0 Å². The summed E-state index contributed by atoms with van der Waals surface area (Å²) >= 11 is 0. The Morgan fingerprint density at radius 1 is 1.11 bits per heavy atom. The number of nitrogens with zero attached hydrogens (tertiary/aromatic N) is 2. The molecule has 3 atom stereocenters. The fourth-order valence-electron chi connectivity index (χ4n) is 5.35. The minimum absolute atomic E-state index is 0.113. The number of carbonyl (C=O) groups is 3. The number of fused-ring (bicyclic) bond motifs is 1. The van der Waals surface area contributed by atoms with Gasteiger partial charge in [0.25, 0.3) is 5.91 Å².